The molecule has 3 rings (SSSR count). The van der Waals surface area contributed by atoms with Gasteiger partial charge in [0.15, 0.2) is 5.78 Å². The van der Waals surface area contributed by atoms with E-state index in [0.29, 0.717) is 18.3 Å². The Morgan fingerprint density at radius 2 is 2.10 bits per heavy atom. The van der Waals surface area contributed by atoms with Crippen LogP contribution in [0.5, 0.6) is 0 Å². The van der Waals surface area contributed by atoms with Crippen molar-refractivity contribution in [3.8, 4) is 0 Å². The lowest BCUT2D eigenvalue weighted by molar-refractivity contribution is -0.107. The van der Waals surface area contributed by atoms with Gasteiger partial charge in [0.2, 0.25) is 0 Å². The summed E-state index contributed by atoms with van der Waals surface area (Å²) in [5, 5.41) is 0. The van der Waals surface area contributed by atoms with Gasteiger partial charge in [-0.1, -0.05) is 12.1 Å². The highest BCUT2D eigenvalue weighted by molar-refractivity contribution is 6.05. The Kier molecular flexibility index (Phi) is 3.94. The zero-order chi connectivity index (χ0) is 14.9. The largest absolute Gasteiger partial charge is 0.381 e. The molecule has 0 N–H and O–H groups in total. The molecule has 0 amide bonds. The lowest BCUT2D eigenvalue weighted by atomic mass is 9.70. The average molecular weight is 286 g/mol. The molecular formula is C18H22O3. The number of rotatable bonds is 4. The Balaban J connectivity index is 1.80. The molecule has 3 heteroatoms. The van der Waals surface area contributed by atoms with E-state index in [-0.39, 0.29) is 5.41 Å². The third-order valence-electron chi connectivity index (χ3n) is 5.20. The first-order valence-corrected chi connectivity index (χ1v) is 7.81. The summed E-state index contributed by atoms with van der Waals surface area (Å²) in [7, 11) is 1.76. The van der Waals surface area contributed by atoms with Crippen LogP contribution in [0.3, 0.4) is 0 Å². The van der Waals surface area contributed by atoms with Gasteiger partial charge >= 0.3 is 0 Å². The molecule has 2 aliphatic rings. The Morgan fingerprint density at radius 1 is 1.33 bits per heavy atom. The first kappa shape index (κ1) is 14.5. The lowest BCUT2D eigenvalue weighted by Crippen LogP contribution is -2.35. The Morgan fingerprint density at radius 3 is 2.76 bits per heavy atom. The number of carbonyl (C=O) groups is 2. The highest BCUT2D eigenvalue weighted by Gasteiger charge is 2.47. The summed E-state index contributed by atoms with van der Waals surface area (Å²) < 4.78 is 5.43. The van der Waals surface area contributed by atoms with Crippen molar-refractivity contribution in [2.75, 3.05) is 7.11 Å². The van der Waals surface area contributed by atoms with E-state index in [9.17, 15) is 9.59 Å². The summed E-state index contributed by atoms with van der Waals surface area (Å²) in [5.74, 6) is 0.319. The van der Waals surface area contributed by atoms with Gasteiger partial charge in [-0.3, -0.25) is 4.79 Å². The van der Waals surface area contributed by atoms with Crippen LogP contribution in [0.2, 0.25) is 0 Å². The number of fused-ring (bicyclic) bond motifs is 1. The fraction of sp³-hybridized carbons (Fsp3) is 0.556. The highest BCUT2D eigenvalue weighted by atomic mass is 16.5. The zero-order valence-electron chi connectivity index (χ0n) is 12.6. The molecule has 21 heavy (non-hydrogen) atoms. The smallest absolute Gasteiger partial charge is 0.169 e. The van der Waals surface area contributed by atoms with Crippen molar-refractivity contribution in [3.63, 3.8) is 0 Å². The van der Waals surface area contributed by atoms with E-state index in [1.54, 1.807) is 7.11 Å². The molecule has 0 aliphatic heterocycles. The maximum absolute atomic E-state index is 12.9. The van der Waals surface area contributed by atoms with Crippen LogP contribution in [-0.2, 0) is 22.4 Å². The molecule has 1 aromatic carbocycles. The molecule has 0 saturated heterocycles. The maximum Gasteiger partial charge on any atom is 0.169 e. The summed E-state index contributed by atoms with van der Waals surface area (Å²) in [6.45, 7) is 0. The van der Waals surface area contributed by atoms with Gasteiger partial charge in [-0.25, -0.2) is 0 Å². The maximum atomic E-state index is 12.9. The van der Waals surface area contributed by atoms with Gasteiger partial charge in [0.1, 0.15) is 6.29 Å². The summed E-state index contributed by atoms with van der Waals surface area (Å²) in [6, 6.07) is 6.16. The highest BCUT2D eigenvalue weighted by Crippen LogP contribution is 2.47. The van der Waals surface area contributed by atoms with Crippen LogP contribution in [0.1, 0.15) is 53.6 Å². The quantitative estimate of drug-likeness (QED) is 0.799. The predicted octanol–water partition coefficient (Wildman–Crippen LogP) is 3.13. The van der Waals surface area contributed by atoms with E-state index >= 15 is 0 Å². The third-order valence-corrected chi connectivity index (χ3v) is 5.20. The van der Waals surface area contributed by atoms with E-state index in [1.165, 1.54) is 5.56 Å². The van der Waals surface area contributed by atoms with Gasteiger partial charge in [-0.05, 0) is 55.7 Å². The van der Waals surface area contributed by atoms with Crippen molar-refractivity contribution < 1.29 is 14.3 Å². The second-order valence-corrected chi connectivity index (χ2v) is 6.42. The molecule has 2 aliphatic carbocycles. The molecule has 1 aromatic rings. The average Bonchev–Trinajstić information content (AvgIpc) is 2.79. The van der Waals surface area contributed by atoms with Crippen LogP contribution in [0.15, 0.2) is 18.2 Å². The van der Waals surface area contributed by atoms with E-state index < -0.39 is 0 Å². The van der Waals surface area contributed by atoms with Gasteiger partial charge in [0, 0.05) is 24.5 Å². The van der Waals surface area contributed by atoms with Crippen molar-refractivity contribution in [1.82, 2.24) is 0 Å². The number of aryl methyl sites for hydroxylation is 1. The zero-order valence-corrected chi connectivity index (χ0v) is 12.6. The minimum absolute atomic E-state index is 0.180. The Labute approximate surface area is 125 Å². The van der Waals surface area contributed by atoms with E-state index in [4.69, 9.17) is 4.74 Å². The summed E-state index contributed by atoms with van der Waals surface area (Å²) in [4.78, 5) is 23.4. The summed E-state index contributed by atoms with van der Waals surface area (Å²) in [5.41, 5.74) is 3.00. The molecule has 0 bridgehead atoms. The fourth-order valence-electron chi connectivity index (χ4n) is 3.88. The van der Waals surface area contributed by atoms with Crippen LogP contribution in [-0.4, -0.2) is 25.3 Å². The van der Waals surface area contributed by atoms with Gasteiger partial charge in [0.05, 0.1) is 6.10 Å². The summed E-state index contributed by atoms with van der Waals surface area (Å²) in [6.07, 6.45) is 7.20. The number of methoxy groups -OCH3 is 1. The lowest BCUT2D eigenvalue weighted by Gasteiger charge is -2.35. The molecule has 0 aromatic heterocycles. The number of ketones is 1. The molecule has 0 radical (unpaired) electrons. The molecule has 3 nitrogen and oxygen atoms in total. The monoisotopic (exact) mass is 286 g/mol. The van der Waals surface area contributed by atoms with Crippen LogP contribution >= 0.6 is 0 Å². The number of benzene rings is 1. The molecule has 0 heterocycles. The summed E-state index contributed by atoms with van der Waals surface area (Å²) >= 11 is 0. The topological polar surface area (TPSA) is 43.4 Å². The van der Waals surface area contributed by atoms with Crippen molar-refractivity contribution in [2.24, 2.45) is 5.41 Å². The SMILES string of the molecule is COC1CCC2(CC1)Cc1ccc(CCC=O)cc1C2=O. The molecular weight excluding hydrogens is 264 g/mol. The van der Waals surface area contributed by atoms with Crippen molar-refractivity contribution in [3.05, 3.63) is 34.9 Å². The van der Waals surface area contributed by atoms with Crippen LogP contribution in [0.25, 0.3) is 0 Å². The second-order valence-electron chi connectivity index (χ2n) is 6.42. The number of ether oxygens (including phenoxy) is 1. The van der Waals surface area contributed by atoms with Gasteiger partial charge in [-0.15, -0.1) is 0 Å². The molecule has 1 spiro atoms. The van der Waals surface area contributed by atoms with Crippen molar-refractivity contribution in [1.29, 1.82) is 0 Å². The van der Waals surface area contributed by atoms with E-state index in [1.807, 2.05) is 6.07 Å². The van der Waals surface area contributed by atoms with Crippen LogP contribution in [0.4, 0.5) is 0 Å². The van der Waals surface area contributed by atoms with Crippen molar-refractivity contribution in [2.45, 2.75) is 51.0 Å². The molecule has 0 atom stereocenters. The van der Waals surface area contributed by atoms with Gasteiger partial charge in [0.25, 0.3) is 0 Å². The first-order chi connectivity index (χ1) is 10.2. The molecule has 0 unspecified atom stereocenters. The number of hydrogen-bond donors (Lipinski definition) is 0. The number of aldehydes is 1. The van der Waals surface area contributed by atoms with Crippen molar-refractivity contribution >= 4 is 12.1 Å². The molecule has 1 saturated carbocycles. The number of Topliss-reactive ketones (excluding diaryl/α,β-unsaturated/α-hetero) is 1. The molecule has 112 valence electrons. The number of carbonyl (C=O) groups excluding carboxylic acids is 2. The normalized spacial score (nSPS) is 27.9. The van der Waals surface area contributed by atoms with E-state index in [0.717, 1.165) is 55.9 Å². The van der Waals surface area contributed by atoms with Gasteiger partial charge in [-0.2, -0.15) is 0 Å². The standard InChI is InChI=1S/C18H22O3/c1-21-15-6-8-18(9-7-15)12-14-5-4-13(3-2-10-19)11-16(14)17(18)20/h4-5,10-11,15H,2-3,6-9,12H2,1H3. The minimum Gasteiger partial charge on any atom is -0.381 e. The molecule has 1 fully saturated rings. The Bertz CT molecular complexity index is 554. The van der Waals surface area contributed by atoms with E-state index in [2.05, 4.69) is 12.1 Å². The first-order valence-electron chi connectivity index (χ1n) is 7.81. The second kappa shape index (κ2) is 5.72. The van der Waals surface area contributed by atoms with Crippen LogP contribution < -0.4 is 0 Å². The third kappa shape index (κ3) is 2.55. The van der Waals surface area contributed by atoms with Crippen LogP contribution in [0, 0.1) is 5.41 Å². The number of hydrogen-bond acceptors (Lipinski definition) is 3. The Hall–Kier alpha value is -1.48. The predicted molar refractivity (Wildman–Crippen MR) is 80.6 cm³/mol. The minimum atomic E-state index is -0.180. The van der Waals surface area contributed by atoms with Gasteiger partial charge < -0.3 is 9.53 Å². The fourth-order valence-corrected chi connectivity index (χ4v) is 3.88.